The van der Waals surface area contributed by atoms with Gasteiger partial charge in [0.05, 0.1) is 12.6 Å². The first-order chi connectivity index (χ1) is 13.9. The number of anilines is 1. The summed E-state index contributed by atoms with van der Waals surface area (Å²) in [7, 11) is 1.92. The summed E-state index contributed by atoms with van der Waals surface area (Å²) in [5.74, 6) is 1.27. The number of aliphatic hydroxyl groups excluding tert-OH is 1. The second-order valence-corrected chi connectivity index (χ2v) is 7.68. The molecule has 8 heteroatoms. The molecule has 2 heterocycles. The number of carbonyl (C=O) groups excluding carboxylic acids is 1. The molecule has 0 fully saturated rings. The number of likely N-dealkylation sites (N-methyl/N-ethyl adjacent to an activating group) is 1. The van der Waals surface area contributed by atoms with Crippen LogP contribution >= 0.6 is 0 Å². The Morgan fingerprint density at radius 3 is 2.69 bits per heavy atom. The normalized spacial score (nSPS) is 19.4. The van der Waals surface area contributed by atoms with Crippen molar-refractivity contribution in [3.8, 4) is 5.75 Å². The van der Waals surface area contributed by atoms with Gasteiger partial charge in [-0.1, -0.05) is 19.9 Å². The molecule has 4 N–H and O–H groups in total. The van der Waals surface area contributed by atoms with Crippen molar-refractivity contribution >= 4 is 11.6 Å². The number of nitrogens with zero attached hydrogens (tertiary/aromatic N) is 3. The Labute approximate surface area is 171 Å². The lowest BCUT2D eigenvalue weighted by atomic mass is 9.95. The number of benzene rings is 1. The van der Waals surface area contributed by atoms with Crippen LogP contribution in [0.2, 0.25) is 0 Å². The van der Waals surface area contributed by atoms with E-state index in [2.05, 4.69) is 15.3 Å². The van der Waals surface area contributed by atoms with Gasteiger partial charge in [-0.25, -0.2) is 9.97 Å². The molecule has 0 saturated carbocycles. The average molecular weight is 399 g/mol. The number of aliphatic hydroxyl groups is 1. The van der Waals surface area contributed by atoms with Crippen molar-refractivity contribution in [3.63, 3.8) is 0 Å². The Hall–Kier alpha value is -2.71. The molecular formula is C21H29N5O3. The fourth-order valence-corrected chi connectivity index (χ4v) is 3.63. The van der Waals surface area contributed by atoms with Crippen LogP contribution in [0.4, 0.5) is 5.69 Å². The fraction of sp³-hybridized carbons (Fsp3) is 0.476. The third kappa shape index (κ3) is 4.83. The summed E-state index contributed by atoms with van der Waals surface area (Å²) in [5, 5.41) is 12.6. The average Bonchev–Trinajstić information content (AvgIpc) is 2.71. The smallest absolute Gasteiger partial charge is 0.243 e. The highest BCUT2D eigenvalue weighted by molar-refractivity contribution is 5.86. The highest BCUT2D eigenvalue weighted by atomic mass is 16.5. The topological polar surface area (TPSA) is 114 Å². The zero-order chi connectivity index (χ0) is 21.0. The molecule has 0 unspecified atom stereocenters. The predicted molar refractivity (Wildman–Crippen MR) is 110 cm³/mol. The molecule has 0 saturated heterocycles. The van der Waals surface area contributed by atoms with Crippen LogP contribution in [0.15, 0.2) is 30.6 Å². The van der Waals surface area contributed by atoms with Crippen LogP contribution < -0.4 is 20.7 Å². The number of fused-ring (bicyclic) bond motifs is 1. The summed E-state index contributed by atoms with van der Waals surface area (Å²) in [6.07, 6.45) is 3.94. The van der Waals surface area contributed by atoms with Crippen LogP contribution in [0, 0.1) is 5.92 Å². The van der Waals surface area contributed by atoms with Crippen LogP contribution in [-0.2, 0) is 24.4 Å². The van der Waals surface area contributed by atoms with Gasteiger partial charge in [-0.2, -0.15) is 0 Å². The number of aromatic nitrogens is 2. The third-order valence-electron chi connectivity index (χ3n) is 5.15. The molecular weight excluding hydrogens is 370 g/mol. The van der Waals surface area contributed by atoms with Gasteiger partial charge in [0.1, 0.15) is 18.4 Å². The Kier molecular flexibility index (Phi) is 6.66. The van der Waals surface area contributed by atoms with Gasteiger partial charge < -0.3 is 25.8 Å². The number of amides is 1. The van der Waals surface area contributed by atoms with Crippen molar-refractivity contribution in [1.82, 2.24) is 15.3 Å². The van der Waals surface area contributed by atoms with Gasteiger partial charge in [-0.15, -0.1) is 0 Å². The van der Waals surface area contributed by atoms with E-state index in [9.17, 15) is 9.90 Å². The zero-order valence-electron chi connectivity index (χ0n) is 17.1. The summed E-state index contributed by atoms with van der Waals surface area (Å²) < 4.78 is 5.89. The largest absolute Gasteiger partial charge is 0.486 e. The van der Waals surface area contributed by atoms with Crippen LogP contribution in [0.1, 0.15) is 30.8 Å². The van der Waals surface area contributed by atoms with E-state index in [4.69, 9.17) is 10.5 Å². The van der Waals surface area contributed by atoms with E-state index in [0.717, 1.165) is 16.8 Å². The van der Waals surface area contributed by atoms with Crippen LogP contribution in [0.5, 0.6) is 5.75 Å². The summed E-state index contributed by atoms with van der Waals surface area (Å²) in [6.45, 7) is 4.56. The van der Waals surface area contributed by atoms with E-state index in [1.807, 2.05) is 44.0 Å². The number of nitrogens with two attached hydrogens (primary N) is 1. The third-order valence-corrected chi connectivity index (χ3v) is 5.15. The standard InChI is InChI=1S/C21H29N5O3/c1-13(2)20-21(28)25-16(11-27)6-15-4-5-17(7-18(15)26(20)3)29-12-19-23-9-14(8-22)10-24-19/h4-5,7,9-10,13,16,20,27H,6,8,11-12,22H2,1-3H3,(H,25,28)/t16-,20-/m0/s1. The van der Waals surface area contributed by atoms with Crippen LogP contribution in [0.3, 0.4) is 0 Å². The van der Waals surface area contributed by atoms with E-state index in [1.165, 1.54) is 0 Å². The molecule has 1 aromatic heterocycles. The first kappa shape index (κ1) is 21.0. The van der Waals surface area contributed by atoms with E-state index in [0.29, 0.717) is 24.5 Å². The molecule has 1 aliphatic heterocycles. The Balaban J connectivity index is 1.85. The number of ether oxygens (including phenoxy) is 1. The van der Waals surface area contributed by atoms with E-state index < -0.39 is 0 Å². The van der Waals surface area contributed by atoms with Gasteiger partial charge in [0.25, 0.3) is 0 Å². The van der Waals surface area contributed by atoms with E-state index in [-0.39, 0.29) is 37.1 Å². The van der Waals surface area contributed by atoms with Crippen molar-refractivity contribution in [1.29, 1.82) is 0 Å². The lowest BCUT2D eigenvalue weighted by Gasteiger charge is -2.37. The number of nitrogens with one attached hydrogen (secondary N) is 1. The minimum Gasteiger partial charge on any atom is -0.486 e. The molecule has 29 heavy (non-hydrogen) atoms. The monoisotopic (exact) mass is 399 g/mol. The zero-order valence-corrected chi connectivity index (χ0v) is 17.1. The number of hydrogen-bond acceptors (Lipinski definition) is 7. The highest BCUT2D eigenvalue weighted by Crippen LogP contribution is 2.31. The first-order valence-electron chi connectivity index (χ1n) is 9.82. The molecule has 1 amide bonds. The Bertz CT molecular complexity index is 841. The summed E-state index contributed by atoms with van der Waals surface area (Å²) in [5.41, 5.74) is 8.41. The molecule has 3 rings (SSSR count). The maximum absolute atomic E-state index is 12.7. The van der Waals surface area contributed by atoms with Crippen LogP contribution in [0.25, 0.3) is 0 Å². The van der Waals surface area contributed by atoms with E-state index in [1.54, 1.807) is 12.4 Å². The SMILES string of the molecule is CC(C)[C@H]1C(=O)N[C@H](CO)Cc2ccc(OCc3ncc(CN)cn3)cc2N1C. The van der Waals surface area contributed by atoms with Crippen molar-refractivity contribution in [3.05, 3.63) is 47.5 Å². The molecule has 8 nitrogen and oxygen atoms in total. The second kappa shape index (κ2) is 9.19. The molecule has 2 aromatic rings. The minimum absolute atomic E-state index is 0.0769. The number of rotatable bonds is 6. The molecule has 0 aliphatic carbocycles. The van der Waals surface area contributed by atoms with Crippen molar-refractivity contribution < 1.29 is 14.6 Å². The molecule has 0 spiro atoms. The highest BCUT2D eigenvalue weighted by Gasteiger charge is 2.32. The maximum Gasteiger partial charge on any atom is 0.243 e. The molecule has 1 aromatic carbocycles. The maximum atomic E-state index is 12.7. The summed E-state index contributed by atoms with van der Waals surface area (Å²) >= 11 is 0. The molecule has 1 aliphatic rings. The Morgan fingerprint density at radius 2 is 2.07 bits per heavy atom. The van der Waals surface area contributed by atoms with Crippen molar-refractivity contribution in [2.24, 2.45) is 11.7 Å². The molecule has 156 valence electrons. The van der Waals surface area contributed by atoms with Gasteiger partial charge in [0.15, 0.2) is 5.82 Å². The summed E-state index contributed by atoms with van der Waals surface area (Å²) in [4.78, 5) is 23.2. The fourth-order valence-electron chi connectivity index (χ4n) is 3.63. The number of hydrogen-bond donors (Lipinski definition) is 3. The van der Waals surface area contributed by atoms with Gasteiger partial charge in [0, 0.05) is 43.3 Å². The van der Waals surface area contributed by atoms with Crippen molar-refractivity contribution in [2.75, 3.05) is 18.6 Å². The lowest BCUT2D eigenvalue weighted by molar-refractivity contribution is -0.124. The quantitative estimate of drug-likeness (QED) is 0.664. The minimum atomic E-state index is -0.342. The Morgan fingerprint density at radius 1 is 1.34 bits per heavy atom. The van der Waals surface area contributed by atoms with E-state index >= 15 is 0 Å². The van der Waals surface area contributed by atoms with Crippen LogP contribution in [-0.4, -0.2) is 46.7 Å². The van der Waals surface area contributed by atoms with Gasteiger partial charge in [-0.05, 0) is 24.0 Å². The van der Waals surface area contributed by atoms with Gasteiger partial charge in [0.2, 0.25) is 5.91 Å². The lowest BCUT2D eigenvalue weighted by Crippen LogP contribution is -2.54. The number of carbonyl (C=O) groups is 1. The first-order valence-corrected chi connectivity index (χ1v) is 9.82. The molecule has 2 atom stereocenters. The van der Waals surface area contributed by atoms with Gasteiger partial charge >= 0.3 is 0 Å². The second-order valence-electron chi connectivity index (χ2n) is 7.68. The predicted octanol–water partition coefficient (Wildman–Crippen LogP) is 1.01. The summed E-state index contributed by atoms with van der Waals surface area (Å²) in [6, 6.07) is 5.16. The molecule has 0 bridgehead atoms. The molecule has 0 radical (unpaired) electrons. The van der Waals surface area contributed by atoms with Gasteiger partial charge in [-0.3, -0.25) is 4.79 Å². The van der Waals surface area contributed by atoms with Crippen molar-refractivity contribution in [2.45, 2.75) is 45.5 Å².